The van der Waals surface area contributed by atoms with Gasteiger partial charge in [-0.15, -0.1) is 0 Å². The van der Waals surface area contributed by atoms with E-state index in [9.17, 15) is 9.59 Å². The molecular formula is C9H16NO4. The lowest BCUT2D eigenvalue weighted by atomic mass is 10.3. The molecule has 0 rings (SSSR count). The summed E-state index contributed by atoms with van der Waals surface area (Å²) in [6.07, 6.45) is 1.04. The second kappa shape index (κ2) is 8.34. The zero-order valence-corrected chi connectivity index (χ0v) is 8.38. The van der Waals surface area contributed by atoms with E-state index in [2.05, 4.69) is 21.7 Å². The highest BCUT2D eigenvalue weighted by Gasteiger charge is 2.03. The van der Waals surface area contributed by atoms with Crippen molar-refractivity contribution < 1.29 is 19.1 Å². The van der Waals surface area contributed by atoms with Gasteiger partial charge in [-0.2, -0.15) is 0 Å². The molecule has 0 aliphatic heterocycles. The van der Waals surface area contributed by atoms with Crippen LogP contribution in [-0.2, 0) is 14.3 Å². The van der Waals surface area contributed by atoms with Gasteiger partial charge in [0.25, 0.3) is 0 Å². The summed E-state index contributed by atoms with van der Waals surface area (Å²) in [5.74, 6) is -0.363. The Bertz CT molecular complexity index is 182. The van der Waals surface area contributed by atoms with Gasteiger partial charge in [0, 0.05) is 13.0 Å². The minimum absolute atomic E-state index is 0.332. The van der Waals surface area contributed by atoms with Crippen LogP contribution in [0, 0.1) is 6.92 Å². The van der Waals surface area contributed by atoms with Crippen molar-refractivity contribution in [1.82, 2.24) is 5.32 Å². The number of carbonyl (C=O) groups excluding carboxylic acids is 2. The molecule has 1 amide bonds. The second-order valence-corrected chi connectivity index (χ2v) is 2.60. The summed E-state index contributed by atoms with van der Waals surface area (Å²) in [7, 11) is 0. The quantitative estimate of drug-likeness (QED) is 0.520. The zero-order valence-electron chi connectivity index (χ0n) is 8.38. The predicted octanol–water partition coefficient (Wildman–Crippen LogP) is 1.24. The molecule has 0 unspecified atom stereocenters. The number of nitrogens with one attached hydrogen (secondary N) is 1. The summed E-state index contributed by atoms with van der Waals surface area (Å²) in [6.45, 7) is 5.51. The van der Waals surface area contributed by atoms with E-state index in [1.165, 1.54) is 0 Å². The number of amides is 1. The van der Waals surface area contributed by atoms with Crippen molar-refractivity contribution in [3.63, 3.8) is 0 Å². The average molecular weight is 202 g/mol. The molecule has 0 saturated heterocycles. The highest BCUT2D eigenvalue weighted by molar-refractivity contribution is 5.70. The maximum atomic E-state index is 10.8. The standard InChI is InChI=1S/C9H16NO4/c1-3-5-8(11)13-7-14-9(12)10-6-4-2/h2-7H2,1H3,(H,10,12). The first-order valence-electron chi connectivity index (χ1n) is 4.56. The van der Waals surface area contributed by atoms with Crippen LogP contribution >= 0.6 is 0 Å². The van der Waals surface area contributed by atoms with Crippen LogP contribution in [0.2, 0.25) is 0 Å². The molecule has 0 bridgehead atoms. The molecule has 5 heteroatoms. The Balaban J connectivity index is 3.34. The minimum Gasteiger partial charge on any atom is -0.428 e. The number of esters is 1. The third-order valence-electron chi connectivity index (χ3n) is 1.31. The molecule has 0 aliphatic rings. The lowest BCUT2D eigenvalue weighted by Gasteiger charge is -2.06. The SMILES string of the molecule is [CH2]CCNC(=O)OCOC(=O)CCC. The molecule has 5 nitrogen and oxygen atoms in total. The Morgan fingerprint density at radius 2 is 2.07 bits per heavy atom. The molecule has 0 aromatic heterocycles. The predicted molar refractivity (Wildman–Crippen MR) is 50.3 cm³/mol. The zero-order chi connectivity index (χ0) is 10.8. The Labute approximate surface area is 83.8 Å². The van der Waals surface area contributed by atoms with Crippen LogP contribution in [0.15, 0.2) is 0 Å². The number of hydrogen-bond acceptors (Lipinski definition) is 4. The van der Waals surface area contributed by atoms with Crippen molar-refractivity contribution in [1.29, 1.82) is 0 Å². The van der Waals surface area contributed by atoms with E-state index in [1.54, 1.807) is 0 Å². The van der Waals surface area contributed by atoms with Gasteiger partial charge in [0.2, 0.25) is 6.79 Å². The molecule has 14 heavy (non-hydrogen) atoms. The summed E-state index contributed by atoms with van der Waals surface area (Å²) in [4.78, 5) is 21.6. The first-order chi connectivity index (χ1) is 6.70. The Kier molecular flexibility index (Phi) is 7.59. The summed E-state index contributed by atoms with van der Waals surface area (Å²) < 4.78 is 9.14. The van der Waals surface area contributed by atoms with Crippen molar-refractivity contribution in [2.45, 2.75) is 26.2 Å². The molecule has 0 aromatic carbocycles. The molecule has 0 spiro atoms. The van der Waals surface area contributed by atoms with Crippen molar-refractivity contribution in [3.05, 3.63) is 6.92 Å². The third kappa shape index (κ3) is 7.39. The average Bonchev–Trinajstić information content (AvgIpc) is 2.15. The summed E-state index contributed by atoms with van der Waals surface area (Å²) in [5, 5.41) is 2.42. The largest absolute Gasteiger partial charge is 0.428 e. The fourth-order valence-electron chi connectivity index (χ4n) is 0.666. The molecule has 1 radical (unpaired) electrons. The van der Waals surface area contributed by atoms with Gasteiger partial charge in [0.15, 0.2) is 0 Å². The fraction of sp³-hybridized carbons (Fsp3) is 0.667. The summed E-state index contributed by atoms with van der Waals surface area (Å²) in [6, 6.07) is 0. The molecule has 81 valence electrons. The maximum Gasteiger partial charge on any atom is 0.410 e. The van der Waals surface area contributed by atoms with Crippen molar-refractivity contribution in [2.75, 3.05) is 13.3 Å². The van der Waals surface area contributed by atoms with Crippen LogP contribution in [0.1, 0.15) is 26.2 Å². The van der Waals surface area contributed by atoms with Gasteiger partial charge in [0.05, 0.1) is 0 Å². The molecule has 0 saturated carbocycles. The topological polar surface area (TPSA) is 64.6 Å². The van der Waals surface area contributed by atoms with E-state index in [0.717, 1.165) is 0 Å². The van der Waals surface area contributed by atoms with Crippen LogP contribution < -0.4 is 5.32 Å². The number of alkyl carbamates (subject to hydrolysis) is 1. The molecule has 1 N–H and O–H groups in total. The lowest BCUT2D eigenvalue weighted by Crippen LogP contribution is -2.26. The van der Waals surface area contributed by atoms with Crippen molar-refractivity contribution in [3.8, 4) is 0 Å². The van der Waals surface area contributed by atoms with E-state index >= 15 is 0 Å². The Hall–Kier alpha value is -1.26. The van der Waals surface area contributed by atoms with Gasteiger partial charge < -0.3 is 14.8 Å². The van der Waals surface area contributed by atoms with E-state index in [4.69, 9.17) is 0 Å². The summed E-state index contributed by atoms with van der Waals surface area (Å²) in [5.41, 5.74) is 0. The van der Waals surface area contributed by atoms with Crippen LogP contribution in [0.5, 0.6) is 0 Å². The smallest absolute Gasteiger partial charge is 0.410 e. The Morgan fingerprint density at radius 1 is 1.36 bits per heavy atom. The van der Waals surface area contributed by atoms with Gasteiger partial charge in [-0.3, -0.25) is 4.79 Å². The molecule has 0 aromatic rings. The number of ether oxygens (including phenoxy) is 2. The van der Waals surface area contributed by atoms with Gasteiger partial charge >= 0.3 is 12.1 Å². The monoisotopic (exact) mass is 202 g/mol. The van der Waals surface area contributed by atoms with Crippen molar-refractivity contribution in [2.24, 2.45) is 0 Å². The molecule has 0 fully saturated rings. The molecule has 0 atom stereocenters. The van der Waals surface area contributed by atoms with Gasteiger partial charge in [-0.1, -0.05) is 13.8 Å². The van der Waals surface area contributed by atoms with Gasteiger partial charge in [0.1, 0.15) is 0 Å². The van der Waals surface area contributed by atoms with E-state index < -0.39 is 6.09 Å². The van der Waals surface area contributed by atoms with Gasteiger partial charge in [-0.05, 0) is 12.8 Å². The highest BCUT2D eigenvalue weighted by Crippen LogP contribution is 1.91. The second-order valence-electron chi connectivity index (χ2n) is 2.60. The fourth-order valence-corrected chi connectivity index (χ4v) is 0.666. The van der Waals surface area contributed by atoms with E-state index in [1.807, 2.05) is 6.92 Å². The van der Waals surface area contributed by atoms with Crippen LogP contribution in [-0.4, -0.2) is 25.4 Å². The molecular weight excluding hydrogens is 186 g/mol. The maximum absolute atomic E-state index is 10.8. The van der Waals surface area contributed by atoms with Gasteiger partial charge in [-0.25, -0.2) is 4.79 Å². The number of rotatable bonds is 6. The summed E-state index contributed by atoms with van der Waals surface area (Å²) >= 11 is 0. The first kappa shape index (κ1) is 12.7. The number of hydrogen-bond donors (Lipinski definition) is 1. The van der Waals surface area contributed by atoms with E-state index in [0.29, 0.717) is 25.8 Å². The highest BCUT2D eigenvalue weighted by atomic mass is 16.7. The van der Waals surface area contributed by atoms with Crippen LogP contribution in [0.3, 0.4) is 0 Å². The van der Waals surface area contributed by atoms with Crippen LogP contribution in [0.25, 0.3) is 0 Å². The molecule has 0 heterocycles. The first-order valence-corrected chi connectivity index (χ1v) is 4.56. The molecule has 0 aliphatic carbocycles. The Morgan fingerprint density at radius 3 is 2.64 bits per heavy atom. The normalized spacial score (nSPS) is 9.29. The number of carbonyl (C=O) groups is 2. The van der Waals surface area contributed by atoms with E-state index in [-0.39, 0.29) is 12.8 Å². The van der Waals surface area contributed by atoms with Crippen molar-refractivity contribution >= 4 is 12.1 Å². The third-order valence-corrected chi connectivity index (χ3v) is 1.31. The van der Waals surface area contributed by atoms with Crippen LogP contribution in [0.4, 0.5) is 4.79 Å². The minimum atomic E-state index is -0.599. The lowest BCUT2D eigenvalue weighted by molar-refractivity contribution is -0.151.